The van der Waals surface area contributed by atoms with Crippen molar-refractivity contribution in [3.8, 4) is 0 Å². The Kier molecular flexibility index (Phi) is 3.86. The smallest absolute Gasteiger partial charge is 0.115 e. The molecule has 1 heterocycles. The molecule has 0 radical (unpaired) electrons. The Morgan fingerprint density at radius 3 is 2.81 bits per heavy atom. The molecule has 1 atom stereocenters. The van der Waals surface area contributed by atoms with Crippen molar-refractivity contribution in [2.75, 3.05) is 6.61 Å². The van der Waals surface area contributed by atoms with Crippen LogP contribution in [0, 0.1) is 0 Å². The third kappa shape index (κ3) is 2.58. The quantitative estimate of drug-likeness (QED) is 0.667. The summed E-state index contributed by atoms with van der Waals surface area (Å²) in [6.07, 6.45) is 2.97. The van der Waals surface area contributed by atoms with Crippen molar-refractivity contribution in [1.82, 2.24) is 5.43 Å². The second-order valence-electron chi connectivity index (χ2n) is 3.55. The number of hydrogen-bond acceptors (Lipinski definition) is 3. The van der Waals surface area contributed by atoms with Gasteiger partial charge in [0.25, 0.3) is 0 Å². The standard InChI is InChI=1S/C11H12BrClN2O/c12-8-4-7(5-9(13)6-8)11(15-14)10-2-1-3-16-10/h2,4-6,11,15H,1,3,14H2. The number of benzene rings is 1. The van der Waals surface area contributed by atoms with E-state index in [4.69, 9.17) is 22.2 Å². The monoisotopic (exact) mass is 302 g/mol. The van der Waals surface area contributed by atoms with E-state index < -0.39 is 0 Å². The lowest BCUT2D eigenvalue weighted by atomic mass is 10.1. The molecule has 86 valence electrons. The Labute approximate surface area is 108 Å². The van der Waals surface area contributed by atoms with E-state index in [1.807, 2.05) is 24.3 Å². The molecule has 0 aromatic heterocycles. The molecule has 1 aliphatic heterocycles. The minimum atomic E-state index is -0.141. The summed E-state index contributed by atoms with van der Waals surface area (Å²) >= 11 is 9.40. The van der Waals surface area contributed by atoms with Crippen LogP contribution in [0.1, 0.15) is 18.0 Å². The molecule has 1 aliphatic rings. The van der Waals surface area contributed by atoms with E-state index in [9.17, 15) is 0 Å². The molecule has 0 spiro atoms. The molecule has 5 heteroatoms. The van der Waals surface area contributed by atoms with Gasteiger partial charge >= 0.3 is 0 Å². The van der Waals surface area contributed by atoms with Crippen molar-refractivity contribution >= 4 is 27.5 Å². The van der Waals surface area contributed by atoms with Crippen LogP contribution in [0.2, 0.25) is 5.02 Å². The molecule has 1 unspecified atom stereocenters. The lowest BCUT2D eigenvalue weighted by molar-refractivity contribution is 0.215. The lowest BCUT2D eigenvalue weighted by Crippen LogP contribution is -2.29. The first-order chi connectivity index (χ1) is 7.70. The van der Waals surface area contributed by atoms with Crippen molar-refractivity contribution in [2.24, 2.45) is 5.84 Å². The average molecular weight is 304 g/mol. The minimum Gasteiger partial charge on any atom is -0.496 e. The van der Waals surface area contributed by atoms with Gasteiger partial charge in [0.1, 0.15) is 11.8 Å². The summed E-state index contributed by atoms with van der Waals surface area (Å²) in [6.45, 7) is 0.718. The molecular weight excluding hydrogens is 291 g/mol. The molecule has 1 aromatic rings. The number of hydrazine groups is 1. The minimum absolute atomic E-state index is 0.141. The van der Waals surface area contributed by atoms with Crippen LogP contribution in [0.25, 0.3) is 0 Å². The van der Waals surface area contributed by atoms with Crippen LogP contribution >= 0.6 is 27.5 Å². The van der Waals surface area contributed by atoms with E-state index >= 15 is 0 Å². The maximum absolute atomic E-state index is 6.00. The van der Waals surface area contributed by atoms with Crippen LogP contribution in [-0.2, 0) is 4.74 Å². The van der Waals surface area contributed by atoms with Crippen LogP contribution in [0.3, 0.4) is 0 Å². The largest absolute Gasteiger partial charge is 0.496 e. The molecule has 0 bridgehead atoms. The highest BCUT2D eigenvalue weighted by atomic mass is 79.9. The van der Waals surface area contributed by atoms with Gasteiger partial charge in [-0.1, -0.05) is 27.5 Å². The first-order valence-corrected chi connectivity index (χ1v) is 6.13. The third-order valence-electron chi connectivity index (χ3n) is 2.40. The average Bonchev–Trinajstić information content (AvgIpc) is 2.70. The van der Waals surface area contributed by atoms with Crippen LogP contribution in [0.5, 0.6) is 0 Å². The van der Waals surface area contributed by atoms with Crippen molar-refractivity contribution in [3.63, 3.8) is 0 Å². The molecule has 1 aromatic carbocycles. The SMILES string of the molecule is NNC(C1=CCCO1)c1cc(Cl)cc(Br)c1. The Bertz CT molecular complexity index is 402. The van der Waals surface area contributed by atoms with Crippen molar-refractivity contribution in [1.29, 1.82) is 0 Å². The summed E-state index contributed by atoms with van der Waals surface area (Å²) in [5.74, 6) is 6.41. The predicted molar refractivity (Wildman–Crippen MR) is 67.9 cm³/mol. The van der Waals surface area contributed by atoms with E-state index in [1.54, 1.807) is 0 Å². The number of nitrogens with two attached hydrogens (primary N) is 1. The van der Waals surface area contributed by atoms with Gasteiger partial charge in [0.15, 0.2) is 0 Å². The third-order valence-corrected chi connectivity index (χ3v) is 3.08. The molecular formula is C11H12BrClN2O. The van der Waals surface area contributed by atoms with Gasteiger partial charge in [0.2, 0.25) is 0 Å². The highest BCUT2D eigenvalue weighted by molar-refractivity contribution is 9.10. The van der Waals surface area contributed by atoms with E-state index in [0.717, 1.165) is 28.8 Å². The zero-order valence-electron chi connectivity index (χ0n) is 8.54. The van der Waals surface area contributed by atoms with Gasteiger partial charge in [-0.2, -0.15) is 0 Å². The molecule has 3 N–H and O–H groups in total. The number of halogens is 2. The Balaban J connectivity index is 2.32. The number of ether oxygens (including phenoxy) is 1. The molecule has 3 nitrogen and oxygen atoms in total. The molecule has 0 saturated carbocycles. The summed E-state index contributed by atoms with van der Waals surface area (Å²) in [4.78, 5) is 0. The summed E-state index contributed by atoms with van der Waals surface area (Å²) in [5.41, 5.74) is 3.72. The number of rotatable bonds is 3. The van der Waals surface area contributed by atoms with Gasteiger partial charge in [-0.15, -0.1) is 0 Å². The van der Waals surface area contributed by atoms with Gasteiger partial charge in [-0.05, 0) is 29.8 Å². The van der Waals surface area contributed by atoms with Crippen molar-refractivity contribution < 1.29 is 4.74 Å². The summed E-state index contributed by atoms with van der Waals surface area (Å²) in [7, 11) is 0. The second kappa shape index (κ2) is 5.19. The second-order valence-corrected chi connectivity index (χ2v) is 4.90. The fourth-order valence-electron chi connectivity index (χ4n) is 1.72. The zero-order valence-corrected chi connectivity index (χ0v) is 10.9. The van der Waals surface area contributed by atoms with Crippen molar-refractivity contribution in [2.45, 2.75) is 12.5 Å². The number of nitrogens with one attached hydrogen (secondary N) is 1. The maximum Gasteiger partial charge on any atom is 0.115 e. The molecule has 2 rings (SSSR count). The fraction of sp³-hybridized carbons (Fsp3) is 0.273. The molecule has 0 amide bonds. The highest BCUT2D eigenvalue weighted by Gasteiger charge is 2.20. The molecule has 0 aliphatic carbocycles. The Morgan fingerprint density at radius 2 is 2.25 bits per heavy atom. The Hall–Kier alpha value is -0.550. The van der Waals surface area contributed by atoms with Gasteiger partial charge < -0.3 is 4.74 Å². The summed E-state index contributed by atoms with van der Waals surface area (Å²) in [5, 5.41) is 0.670. The number of hydrogen-bond donors (Lipinski definition) is 2. The van der Waals surface area contributed by atoms with Crippen molar-refractivity contribution in [3.05, 3.63) is 45.1 Å². The first-order valence-electron chi connectivity index (χ1n) is 4.95. The van der Waals surface area contributed by atoms with E-state index in [1.165, 1.54) is 0 Å². The molecule has 0 fully saturated rings. The van der Waals surface area contributed by atoms with Crippen LogP contribution in [0.15, 0.2) is 34.5 Å². The van der Waals surface area contributed by atoms with E-state index in [-0.39, 0.29) is 6.04 Å². The predicted octanol–water partition coefficient (Wildman–Crippen LogP) is 2.91. The van der Waals surface area contributed by atoms with Crippen LogP contribution in [-0.4, -0.2) is 6.61 Å². The molecule has 0 saturated heterocycles. The van der Waals surface area contributed by atoms with Gasteiger partial charge in [-0.3, -0.25) is 5.84 Å². The zero-order chi connectivity index (χ0) is 11.5. The van der Waals surface area contributed by atoms with E-state index in [2.05, 4.69) is 21.4 Å². The fourth-order valence-corrected chi connectivity index (χ4v) is 2.61. The molecule has 16 heavy (non-hydrogen) atoms. The summed E-state index contributed by atoms with van der Waals surface area (Å²) in [6, 6.07) is 5.54. The van der Waals surface area contributed by atoms with Gasteiger partial charge in [0, 0.05) is 15.9 Å². The van der Waals surface area contributed by atoms with Gasteiger partial charge in [-0.25, -0.2) is 5.43 Å². The van der Waals surface area contributed by atoms with Crippen LogP contribution in [0.4, 0.5) is 0 Å². The summed E-state index contributed by atoms with van der Waals surface area (Å²) < 4.78 is 6.43. The first kappa shape index (κ1) is 11.9. The Morgan fingerprint density at radius 1 is 1.44 bits per heavy atom. The normalized spacial score (nSPS) is 16.8. The highest BCUT2D eigenvalue weighted by Crippen LogP contribution is 2.29. The van der Waals surface area contributed by atoms with E-state index in [0.29, 0.717) is 5.02 Å². The van der Waals surface area contributed by atoms with Gasteiger partial charge in [0.05, 0.1) is 6.61 Å². The lowest BCUT2D eigenvalue weighted by Gasteiger charge is -2.18. The topological polar surface area (TPSA) is 47.3 Å². The van der Waals surface area contributed by atoms with Crippen LogP contribution < -0.4 is 11.3 Å². The maximum atomic E-state index is 6.00.